The molecule has 1 aliphatic rings. The zero-order valence-corrected chi connectivity index (χ0v) is 14.0. The summed E-state index contributed by atoms with van der Waals surface area (Å²) in [6.45, 7) is 5.39. The molecule has 1 aliphatic heterocycles. The van der Waals surface area contributed by atoms with E-state index in [1.165, 1.54) is 18.2 Å². The molecule has 0 radical (unpaired) electrons. The highest BCUT2D eigenvalue weighted by Crippen LogP contribution is 2.42. The largest absolute Gasteiger partial charge is 0.416 e. The summed E-state index contributed by atoms with van der Waals surface area (Å²) in [5, 5.41) is 0. The fourth-order valence-corrected chi connectivity index (χ4v) is 3.14. The second kappa shape index (κ2) is 6.48. The zero-order chi connectivity index (χ0) is 19.1. The third-order valence-electron chi connectivity index (χ3n) is 4.20. The van der Waals surface area contributed by atoms with Gasteiger partial charge >= 0.3 is 6.18 Å². The molecule has 0 saturated heterocycles. The molecule has 3 nitrogen and oxygen atoms in total. The average Bonchev–Trinajstić information content (AvgIpc) is 2.54. The Hall–Kier alpha value is -2.83. The molecule has 1 heterocycles. The summed E-state index contributed by atoms with van der Waals surface area (Å²) in [5.74, 6) is 0.0461. The molecule has 0 fully saturated rings. The molecular weight excluding hydrogens is 346 g/mol. The maximum atomic E-state index is 13.8. The topological polar surface area (TPSA) is 41.6 Å². The molecule has 2 aromatic rings. The van der Waals surface area contributed by atoms with Gasteiger partial charge in [0.2, 0.25) is 0 Å². The van der Waals surface area contributed by atoms with Crippen LogP contribution in [0.3, 0.4) is 0 Å². The van der Waals surface area contributed by atoms with Gasteiger partial charge in [0, 0.05) is 23.4 Å². The lowest BCUT2D eigenvalue weighted by Gasteiger charge is -2.37. The van der Waals surface area contributed by atoms with Gasteiger partial charge in [-0.3, -0.25) is 0 Å². The van der Waals surface area contributed by atoms with Crippen LogP contribution < -0.4 is 10.6 Å². The first-order valence-electron chi connectivity index (χ1n) is 7.91. The number of hydrogen-bond donors (Lipinski definition) is 1. The molecule has 7 heteroatoms. The van der Waals surface area contributed by atoms with E-state index in [4.69, 9.17) is 5.73 Å². The normalized spacial score (nSPS) is 16.9. The Bertz CT molecular complexity index is 887. The van der Waals surface area contributed by atoms with Crippen molar-refractivity contribution in [2.24, 2.45) is 10.7 Å². The van der Waals surface area contributed by atoms with Crippen LogP contribution in [-0.2, 0) is 6.18 Å². The summed E-state index contributed by atoms with van der Waals surface area (Å²) in [7, 11) is 0. The second-order valence-electron chi connectivity index (χ2n) is 6.16. The van der Waals surface area contributed by atoms with Crippen LogP contribution in [0.5, 0.6) is 0 Å². The van der Waals surface area contributed by atoms with Crippen molar-refractivity contribution in [3.05, 3.63) is 71.7 Å². The van der Waals surface area contributed by atoms with Gasteiger partial charge in [0.05, 0.1) is 17.3 Å². The van der Waals surface area contributed by atoms with Crippen molar-refractivity contribution in [2.45, 2.75) is 25.6 Å². The van der Waals surface area contributed by atoms with Crippen molar-refractivity contribution < 1.29 is 17.6 Å². The van der Waals surface area contributed by atoms with E-state index >= 15 is 0 Å². The molecule has 0 bridgehead atoms. The standard InChI is InChI=1S/C19H17F4N3/c1-11(24)8-18-16-10-14(20)6-7-17(16)25-12(2)26(18)15-5-3-4-13(9-15)19(21,22)23/h3-7,9-10,18H,1,8,24H2,2H3. The lowest BCUT2D eigenvalue weighted by molar-refractivity contribution is -0.137. The first-order valence-corrected chi connectivity index (χ1v) is 7.91. The first kappa shape index (κ1) is 18.0. The lowest BCUT2D eigenvalue weighted by atomic mass is 9.95. The van der Waals surface area contributed by atoms with Crippen LogP contribution in [0, 0.1) is 5.82 Å². The lowest BCUT2D eigenvalue weighted by Crippen LogP contribution is -2.36. The van der Waals surface area contributed by atoms with Gasteiger partial charge in [-0.25, -0.2) is 9.38 Å². The Kier molecular flexibility index (Phi) is 4.48. The van der Waals surface area contributed by atoms with Gasteiger partial charge in [-0.2, -0.15) is 13.2 Å². The molecule has 26 heavy (non-hydrogen) atoms. The molecule has 1 atom stereocenters. The predicted octanol–water partition coefficient (Wildman–Crippen LogP) is 5.32. The molecule has 2 N–H and O–H groups in total. The van der Waals surface area contributed by atoms with Crippen LogP contribution in [0.25, 0.3) is 0 Å². The molecule has 0 saturated carbocycles. The Morgan fingerprint density at radius 1 is 1.23 bits per heavy atom. The van der Waals surface area contributed by atoms with Crippen LogP contribution >= 0.6 is 0 Å². The molecule has 1 unspecified atom stereocenters. The quantitative estimate of drug-likeness (QED) is 0.750. The number of benzene rings is 2. The smallest absolute Gasteiger partial charge is 0.402 e. The van der Waals surface area contributed by atoms with E-state index in [1.54, 1.807) is 24.0 Å². The Balaban J connectivity index is 2.15. The van der Waals surface area contributed by atoms with Crippen molar-refractivity contribution in [1.29, 1.82) is 0 Å². The van der Waals surface area contributed by atoms with E-state index in [0.29, 0.717) is 28.5 Å². The van der Waals surface area contributed by atoms with E-state index in [-0.39, 0.29) is 6.42 Å². The number of amidine groups is 1. The summed E-state index contributed by atoms with van der Waals surface area (Å²) < 4.78 is 53.1. The van der Waals surface area contributed by atoms with E-state index in [0.717, 1.165) is 12.1 Å². The molecule has 0 amide bonds. The van der Waals surface area contributed by atoms with Crippen molar-refractivity contribution in [3.63, 3.8) is 0 Å². The second-order valence-corrected chi connectivity index (χ2v) is 6.16. The van der Waals surface area contributed by atoms with E-state index in [1.807, 2.05) is 0 Å². The predicted molar refractivity (Wildman–Crippen MR) is 93.8 cm³/mol. The molecule has 2 aromatic carbocycles. The van der Waals surface area contributed by atoms with Crippen LogP contribution in [-0.4, -0.2) is 5.84 Å². The van der Waals surface area contributed by atoms with Gasteiger partial charge in [-0.15, -0.1) is 0 Å². The molecule has 3 rings (SSSR count). The fourth-order valence-electron chi connectivity index (χ4n) is 3.14. The van der Waals surface area contributed by atoms with Gasteiger partial charge in [0.1, 0.15) is 11.7 Å². The van der Waals surface area contributed by atoms with Crippen molar-refractivity contribution in [2.75, 3.05) is 4.90 Å². The zero-order valence-electron chi connectivity index (χ0n) is 14.0. The maximum Gasteiger partial charge on any atom is 0.416 e. The monoisotopic (exact) mass is 363 g/mol. The van der Waals surface area contributed by atoms with Crippen molar-refractivity contribution >= 4 is 17.2 Å². The summed E-state index contributed by atoms with van der Waals surface area (Å²) in [5.41, 5.74) is 6.78. The van der Waals surface area contributed by atoms with Gasteiger partial charge in [-0.05, 0) is 43.3 Å². The molecule has 0 aromatic heterocycles. The van der Waals surface area contributed by atoms with Gasteiger partial charge in [-0.1, -0.05) is 12.6 Å². The number of aliphatic imine (C=N–C) groups is 1. The Morgan fingerprint density at radius 2 is 1.96 bits per heavy atom. The van der Waals surface area contributed by atoms with Gasteiger partial charge in [0.25, 0.3) is 0 Å². The van der Waals surface area contributed by atoms with Crippen LogP contribution in [0.4, 0.5) is 28.9 Å². The van der Waals surface area contributed by atoms with E-state index in [2.05, 4.69) is 11.6 Å². The highest BCUT2D eigenvalue weighted by molar-refractivity contribution is 6.00. The van der Waals surface area contributed by atoms with E-state index in [9.17, 15) is 17.6 Å². The minimum absolute atomic E-state index is 0.250. The van der Waals surface area contributed by atoms with Gasteiger partial charge in [0.15, 0.2) is 0 Å². The number of nitrogens with two attached hydrogens (primary N) is 1. The number of nitrogens with zero attached hydrogens (tertiary/aromatic N) is 2. The summed E-state index contributed by atoms with van der Waals surface area (Å²) >= 11 is 0. The minimum Gasteiger partial charge on any atom is -0.402 e. The first-order chi connectivity index (χ1) is 12.2. The van der Waals surface area contributed by atoms with Crippen LogP contribution in [0.1, 0.15) is 30.5 Å². The minimum atomic E-state index is -4.46. The molecule has 0 spiro atoms. The highest BCUT2D eigenvalue weighted by Gasteiger charge is 2.34. The molecular formula is C19H17F4N3. The number of alkyl halides is 3. The SMILES string of the molecule is C=C(N)CC1c2cc(F)ccc2N=C(C)N1c1cccc(C(F)(F)F)c1. The number of fused-ring (bicyclic) bond motifs is 1. The van der Waals surface area contributed by atoms with Gasteiger partial charge < -0.3 is 10.6 Å². The summed E-state index contributed by atoms with van der Waals surface area (Å²) in [6.07, 6.45) is -4.21. The maximum absolute atomic E-state index is 13.8. The highest BCUT2D eigenvalue weighted by atomic mass is 19.4. The Labute approximate surface area is 148 Å². The van der Waals surface area contributed by atoms with E-state index < -0.39 is 23.6 Å². The number of anilines is 1. The number of halogens is 4. The van der Waals surface area contributed by atoms with Crippen LogP contribution in [0.15, 0.2) is 59.7 Å². The third kappa shape index (κ3) is 3.42. The van der Waals surface area contributed by atoms with Crippen molar-refractivity contribution in [1.82, 2.24) is 0 Å². The third-order valence-corrected chi connectivity index (χ3v) is 4.20. The summed E-state index contributed by atoms with van der Waals surface area (Å²) in [6, 6.07) is 8.62. The Morgan fingerprint density at radius 3 is 2.62 bits per heavy atom. The molecule has 136 valence electrons. The van der Waals surface area contributed by atoms with Crippen molar-refractivity contribution in [3.8, 4) is 0 Å². The molecule has 0 aliphatic carbocycles. The summed E-state index contributed by atoms with van der Waals surface area (Å²) in [4.78, 5) is 6.05. The number of hydrogen-bond acceptors (Lipinski definition) is 3. The number of rotatable bonds is 3. The van der Waals surface area contributed by atoms with Crippen LogP contribution in [0.2, 0.25) is 0 Å². The fraction of sp³-hybridized carbons (Fsp3) is 0.211. The average molecular weight is 363 g/mol.